The van der Waals surface area contributed by atoms with Crippen LogP contribution in [-0.2, 0) is 0 Å². The van der Waals surface area contributed by atoms with E-state index in [2.05, 4.69) is 4.98 Å². The molecule has 1 aromatic carbocycles. The molecule has 0 atom stereocenters. The summed E-state index contributed by atoms with van der Waals surface area (Å²) in [7, 11) is 0. The molecular formula is C13H11FN2O. The Morgan fingerprint density at radius 2 is 2.00 bits per heavy atom. The summed E-state index contributed by atoms with van der Waals surface area (Å²) in [6.45, 7) is 1.74. The minimum Gasteiger partial charge on any atom is -0.383 e. The number of nitrogens with two attached hydrogens (primary N) is 1. The predicted octanol–water partition coefficient (Wildman–Crippen LogP) is 2.34. The number of pyridine rings is 1. The lowest BCUT2D eigenvalue weighted by Gasteiger charge is -2.07. The number of aryl methyl sites for hydroxylation is 1. The maximum Gasteiger partial charge on any atom is 0.199 e. The minimum absolute atomic E-state index is 0.00954. The van der Waals surface area contributed by atoms with Crippen LogP contribution in [0.2, 0.25) is 0 Å². The largest absolute Gasteiger partial charge is 0.383 e. The Kier molecular flexibility index (Phi) is 2.87. The van der Waals surface area contributed by atoms with Gasteiger partial charge in [-0.3, -0.25) is 4.79 Å². The van der Waals surface area contributed by atoms with E-state index in [1.54, 1.807) is 19.1 Å². The van der Waals surface area contributed by atoms with Crippen LogP contribution < -0.4 is 5.73 Å². The average Bonchev–Trinajstić information content (AvgIpc) is 2.29. The number of benzene rings is 1. The van der Waals surface area contributed by atoms with Gasteiger partial charge >= 0.3 is 0 Å². The molecule has 1 heterocycles. The lowest BCUT2D eigenvalue weighted by molar-refractivity contribution is 0.103. The number of nitrogens with zero attached hydrogens (tertiary/aromatic N) is 1. The quantitative estimate of drug-likeness (QED) is 0.805. The highest BCUT2D eigenvalue weighted by atomic mass is 19.1. The Morgan fingerprint density at radius 3 is 2.65 bits per heavy atom. The van der Waals surface area contributed by atoms with Crippen molar-refractivity contribution in [3.8, 4) is 0 Å². The summed E-state index contributed by atoms with van der Waals surface area (Å²) in [6, 6.07) is 7.49. The summed E-state index contributed by atoms with van der Waals surface area (Å²) in [4.78, 5) is 16.0. The third-order valence-electron chi connectivity index (χ3n) is 2.53. The topological polar surface area (TPSA) is 56.0 Å². The fourth-order valence-electron chi connectivity index (χ4n) is 1.65. The van der Waals surface area contributed by atoms with E-state index in [-0.39, 0.29) is 16.9 Å². The van der Waals surface area contributed by atoms with Gasteiger partial charge in [0.1, 0.15) is 11.6 Å². The second-order valence-corrected chi connectivity index (χ2v) is 3.70. The zero-order valence-electron chi connectivity index (χ0n) is 9.27. The lowest BCUT2D eigenvalue weighted by atomic mass is 10.00. The van der Waals surface area contributed by atoms with Crippen molar-refractivity contribution in [2.24, 2.45) is 0 Å². The Morgan fingerprint density at radius 1 is 1.29 bits per heavy atom. The van der Waals surface area contributed by atoms with Crippen LogP contribution >= 0.6 is 0 Å². The highest BCUT2D eigenvalue weighted by Crippen LogP contribution is 2.19. The lowest BCUT2D eigenvalue weighted by Crippen LogP contribution is -2.10. The molecule has 0 radical (unpaired) electrons. The van der Waals surface area contributed by atoms with Crippen molar-refractivity contribution in [2.45, 2.75) is 6.92 Å². The summed E-state index contributed by atoms with van der Waals surface area (Å²) in [6.07, 6.45) is 1.52. The highest BCUT2D eigenvalue weighted by Gasteiger charge is 2.18. The molecule has 0 bridgehead atoms. The van der Waals surface area contributed by atoms with Gasteiger partial charge in [-0.25, -0.2) is 9.37 Å². The molecular weight excluding hydrogens is 219 g/mol. The molecule has 86 valence electrons. The SMILES string of the molecule is Cc1ccnc(N)c1C(=O)c1ccccc1F. The van der Waals surface area contributed by atoms with Gasteiger partial charge in [0.15, 0.2) is 5.78 Å². The summed E-state index contributed by atoms with van der Waals surface area (Å²) in [5.41, 5.74) is 6.61. The number of carbonyl (C=O) groups excluding carboxylic acids is 1. The maximum atomic E-state index is 13.5. The van der Waals surface area contributed by atoms with Crippen molar-refractivity contribution in [2.75, 3.05) is 5.73 Å². The molecule has 2 rings (SSSR count). The third kappa shape index (κ3) is 2.01. The van der Waals surface area contributed by atoms with Crippen molar-refractivity contribution >= 4 is 11.6 Å². The van der Waals surface area contributed by atoms with Crippen LogP contribution in [0.15, 0.2) is 36.5 Å². The van der Waals surface area contributed by atoms with Gasteiger partial charge in [-0.1, -0.05) is 12.1 Å². The number of hydrogen-bond acceptors (Lipinski definition) is 3. The second kappa shape index (κ2) is 4.33. The minimum atomic E-state index is -0.555. The zero-order chi connectivity index (χ0) is 12.4. The molecule has 2 aromatic rings. The molecule has 0 unspecified atom stereocenters. The Bertz CT molecular complexity index is 561. The number of ketones is 1. The molecule has 0 saturated heterocycles. The van der Waals surface area contributed by atoms with Gasteiger partial charge in [0.25, 0.3) is 0 Å². The van der Waals surface area contributed by atoms with Crippen LogP contribution in [0, 0.1) is 12.7 Å². The highest BCUT2D eigenvalue weighted by molar-refractivity contribution is 6.12. The van der Waals surface area contributed by atoms with E-state index in [0.717, 1.165) is 0 Å². The number of halogens is 1. The number of anilines is 1. The third-order valence-corrected chi connectivity index (χ3v) is 2.53. The molecule has 2 N–H and O–H groups in total. The van der Waals surface area contributed by atoms with Gasteiger partial charge in [0.05, 0.1) is 11.1 Å². The van der Waals surface area contributed by atoms with Gasteiger partial charge in [-0.2, -0.15) is 0 Å². The number of hydrogen-bond donors (Lipinski definition) is 1. The molecule has 0 spiro atoms. The summed E-state index contributed by atoms with van der Waals surface area (Å²) in [5.74, 6) is -0.871. The van der Waals surface area contributed by atoms with Crippen LogP contribution in [0.25, 0.3) is 0 Å². The van der Waals surface area contributed by atoms with E-state index >= 15 is 0 Å². The average molecular weight is 230 g/mol. The molecule has 3 nitrogen and oxygen atoms in total. The molecule has 0 fully saturated rings. The second-order valence-electron chi connectivity index (χ2n) is 3.70. The monoisotopic (exact) mass is 230 g/mol. The summed E-state index contributed by atoms with van der Waals surface area (Å²) < 4.78 is 13.5. The summed E-state index contributed by atoms with van der Waals surface area (Å²) in [5, 5.41) is 0. The van der Waals surface area contributed by atoms with Gasteiger partial charge in [0.2, 0.25) is 0 Å². The Hall–Kier alpha value is -2.23. The van der Waals surface area contributed by atoms with Crippen LogP contribution in [0.4, 0.5) is 10.2 Å². The first-order chi connectivity index (χ1) is 8.11. The van der Waals surface area contributed by atoms with Crippen LogP contribution in [0.1, 0.15) is 21.5 Å². The molecule has 0 aliphatic carbocycles. The van der Waals surface area contributed by atoms with Gasteiger partial charge in [-0.15, -0.1) is 0 Å². The smallest absolute Gasteiger partial charge is 0.199 e. The van der Waals surface area contributed by atoms with E-state index in [4.69, 9.17) is 5.73 Å². The molecule has 0 saturated carbocycles. The Labute approximate surface area is 98.1 Å². The fraction of sp³-hybridized carbons (Fsp3) is 0.0769. The van der Waals surface area contributed by atoms with E-state index in [0.29, 0.717) is 5.56 Å². The van der Waals surface area contributed by atoms with Crippen molar-refractivity contribution in [1.29, 1.82) is 0 Å². The standard InChI is InChI=1S/C13H11FN2O/c1-8-6-7-16-13(15)11(8)12(17)9-4-2-3-5-10(9)14/h2-7H,1H3,(H2,15,16). The molecule has 4 heteroatoms. The normalized spacial score (nSPS) is 10.2. The van der Waals surface area contributed by atoms with Crippen molar-refractivity contribution in [3.05, 3.63) is 59.0 Å². The first-order valence-electron chi connectivity index (χ1n) is 5.11. The Balaban J connectivity index is 2.56. The van der Waals surface area contributed by atoms with Crippen LogP contribution in [-0.4, -0.2) is 10.8 Å². The number of aromatic nitrogens is 1. The fourth-order valence-corrected chi connectivity index (χ4v) is 1.65. The van der Waals surface area contributed by atoms with Gasteiger partial charge < -0.3 is 5.73 Å². The number of rotatable bonds is 2. The van der Waals surface area contributed by atoms with Gasteiger partial charge in [-0.05, 0) is 30.7 Å². The van der Waals surface area contributed by atoms with Crippen LogP contribution in [0.3, 0.4) is 0 Å². The van der Waals surface area contributed by atoms with E-state index < -0.39 is 11.6 Å². The van der Waals surface area contributed by atoms with Crippen molar-refractivity contribution < 1.29 is 9.18 Å². The van der Waals surface area contributed by atoms with E-state index in [1.165, 1.54) is 24.4 Å². The predicted molar refractivity (Wildman–Crippen MR) is 63.2 cm³/mol. The van der Waals surface area contributed by atoms with Crippen LogP contribution in [0.5, 0.6) is 0 Å². The first kappa shape index (κ1) is 11.3. The number of carbonyl (C=O) groups is 1. The maximum absolute atomic E-state index is 13.5. The first-order valence-corrected chi connectivity index (χ1v) is 5.11. The van der Waals surface area contributed by atoms with Crippen molar-refractivity contribution in [3.63, 3.8) is 0 Å². The zero-order valence-corrected chi connectivity index (χ0v) is 9.27. The van der Waals surface area contributed by atoms with Crippen molar-refractivity contribution in [1.82, 2.24) is 4.98 Å². The van der Waals surface area contributed by atoms with E-state index in [1.807, 2.05) is 0 Å². The van der Waals surface area contributed by atoms with Gasteiger partial charge in [0, 0.05) is 6.20 Å². The number of nitrogen functional groups attached to an aromatic ring is 1. The molecule has 0 aliphatic heterocycles. The van der Waals surface area contributed by atoms with E-state index in [9.17, 15) is 9.18 Å². The molecule has 0 aliphatic rings. The molecule has 1 aromatic heterocycles. The molecule has 17 heavy (non-hydrogen) atoms. The molecule has 0 amide bonds. The summed E-state index contributed by atoms with van der Waals surface area (Å²) >= 11 is 0.